The van der Waals surface area contributed by atoms with Crippen LogP contribution in [0.3, 0.4) is 0 Å². The first-order valence-corrected chi connectivity index (χ1v) is 23.7. The van der Waals surface area contributed by atoms with Gasteiger partial charge in [0.25, 0.3) is 0 Å². The Bertz CT molecular complexity index is 2120. The van der Waals surface area contributed by atoms with E-state index in [9.17, 15) is 43.5 Å². The van der Waals surface area contributed by atoms with E-state index in [4.69, 9.17) is 14.2 Å². The lowest BCUT2D eigenvalue weighted by molar-refractivity contribution is -0.152. The molecule has 0 saturated carbocycles. The molecule has 1 heterocycles. The van der Waals surface area contributed by atoms with E-state index in [1.807, 2.05) is 6.07 Å². The summed E-state index contributed by atoms with van der Waals surface area (Å²) in [6.07, 6.45) is -0.510. The predicted molar refractivity (Wildman–Crippen MR) is 262 cm³/mol. The summed E-state index contributed by atoms with van der Waals surface area (Å²) in [5.74, 6) is -4.00. The molecule has 1 fully saturated rings. The number of benzene rings is 2. The molecule has 0 bridgehead atoms. The number of carboxylic acids is 1. The van der Waals surface area contributed by atoms with Gasteiger partial charge in [0.15, 0.2) is 0 Å². The van der Waals surface area contributed by atoms with Crippen LogP contribution < -0.4 is 31.9 Å². The van der Waals surface area contributed by atoms with E-state index in [1.54, 1.807) is 124 Å². The molecule has 0 aromatic heterocycles. The second-order valence-corrected chi connectivity index (χ2v) is 20.6. The maximum atomic E-state index is 14.5. The van der Waals surface area contributed by atoms with Crippen LogP contribution in [0.1, 0.15) is 119 Å². The minimum Gasteiger partial charge on any atom is -0.480 e. The van der Waals surface area contributed by atoms with Gasteiger partial charge in [-0.3, -0.25) is 19.2 Å². The largest absolute Gasteiger partial charge is 0.480 e. The number of carboxylic acid groups (broad SMARTS) is 1. The summed E-state index contributed by atoms with van der Waals surface area (Å²) in [7, 11) is 0. The molecular weight excluding hydrogens is 903 g/mol. The van der Waals surface area contributed by atoms with Crippen LogP contribution in [0.2, 0.25) is 0 Å². The first-order chi connectivity index (χ1) is 32.6. The number of amides is 7. The molecule has 2 unspecified atom stereocenters. The fourth-order valence-electron chi connectivity index (χ4n) is 7.65. The van der Waals surface area contributed by atoms with Crippen molar-refractivity contribution in [2.75, 3.05) is 13.1 Å². The fourth-order valence-corrected chi connectivity index (χ4v) is 7.65. The SMILES string of the molecule is C=CC[C@@H](NC(=O)[C@@H](Cc1ccccc1)NC(=O)[C@@H](Cc1ccccc1)NC(=O)OC(C)(C)C)C(=O)N[C@H](CCCCNC(=O)OC(C)(C)C)C(=O)N1CCC(NC(=O)OC(C)(C)C)(C(=O)O)CC1C. The highest BCUT2D eigenvalue weighted by atomic mass is 16.6. The number of carbonyl (C=O) groups is 8. The summed E-state index contributed by atoms with van der Waals surface area (Å²) in [5.41, 5.74) is -2.81. The van der Waals surface area contributed by atoms with E-state index < -0.39 is 100 Å². The smallest absolute Gasteiger partial charge is 0.408 e. The van der Waals surface area contributed by atoms with Crippen molar-refractivity contribution in [3.63, 3.8) is 0 Å². The number of ether oxygens (including phenoxy) is 3. The normalized spacial score (nSPS) is 17.7. The highest BCUT2D eigenvalue weighted by Crippen LogP contribution is 2.29. The van der Waals surface area contributed by atoms with Crippen LogP contribution in [-0.2, 0) is 51.0 Å². The predicted octanol–water partition coefficient (Wildman–Crippen LogP) is 5.45. The Morgan fingerprint density at radius 3 is 1.61 bits per heavy atom. The van der Waals surface area contributed by atoms with Crippen molar-refractivity contribution < 1.29 is 57.7 Å². The molecule has 386 valence electrons. The molecule has 6 atom stereocenters. The van der Waals surface area contributed by atoms with E-state index >= 15 is 0 Å². The summed E-state index contributed by atoms with van der Waals surface area (Å²) in [6.45, 7) is 20.7. The number of hydrogen-bond donors (Lipinski definition) is 7. The summed E-state index contributed by atoms with van der Waals surface area (Å²) >= 11 is 0. The highest BCUT2D eigenvalue weighted by Gasteiger charge is 2.48. The highest BCUT2D eigenvalue weighted by molar-refractivity contribution is 5.96. The van der Waals surface area contributed by atoms with Gasteiger partial charge in [0.1, 0.15) is 46.5 Å². The zero-order valence-corrected chi connectivity index (χ0v) is 42.4. The van der Waals surface area contributed by atoms with E-state index in [1.165, 1.54) is 11.0 Å². The van der Waals surface area contributed by atoms with Gasteiger partial charge in [-0.25, -0.2) is 19.2 Å². The second-order valence-electron chi connectivity index (χ2n) is 20.6. The Morgan fingerprint density at radius 1 is 0.671 bits per heavy atom. The number of alkyl carbamates (subject to hydrolysis) is 3. The van der Waals surface area contributed by atoms with Crippen LogP contribution in [0, 0.1) is 0 Å². The lowest BCUT2D eigenvalue weighted by Crippen LogP contribution is -2.65. The third-order valence-electron chi connectivity index (χ3n) is 10.8. The van der Waals surface area contributed by atoms with Crippen molar-refractivity contribution in [3.8, 4) is 0 Å². The number of nitrogens with zero attached hydrogens (tertiary/aromatic N) is 1. The Kier molecular flexibility index (Phi) is 21.3. The number of aliphatic carboxylic acids is 1. The van der Waals surface area contributed by atoms with Crippen LogP contribution in [0.4, 0.5) is 14.4 Å². The van der Waals surface area contributed by atoms with Crippen molar-refractivity contribution in [2.24, 2.45) is 0 Å². The Morgan fingerprint density at radius 2 is 1.13 bits per heavy atom. The number of nitrogens with one attached hydrogen (secondary N) is 6. The van der Waals surface area contributed by atoms with Crippen LogP contribution >= 0.6 is 0 Å². The van der Waals surface area contributed by atoms with Gasteiger partial charge in [-0.2, -0.15) is 0 Å². The number of unbranched alkanes of at least 4 members (excludes halogenated alkanes) is 1. The first kappa shape index (κ1) is 57.7. The third kappa shape index (κ3) is 20.1. The number of rotatable bonds is 21. The fraction of sp³-hybridized carbons (Fsp3) is 0.569. The first-order valence-electron chi connectivity index (χ1n) is 23.7. The van der Waals surface area contributed by atoms with Crippen molar-refractivity contribution in [1.29, 1.82) is 0 Å². The molecule has 0 aliphatic carbocycles. The lowest BCUT2D eigenvalue weighted by Gasteiger charge is -2.44. The molecule has 7 amide bonds. The molecule has 3 rings (SSSR count). The average molecular weight is 978 g/mol. The summed E-state index contributed by atoms with van der Waals surface area (Å²) in [6, 6.07) is 12.2. The monoisotopic (exact) mass is 978 g/mol. The maximum Gasteiger partial charge on any atom is 0.408 e. The molecule has 70 heavy (non-hydrogen) atoms. The minimum atomic E-state index is -1.75. The standard InChI is InChI=1S/C51H75N7O12/c1-12-21-36(53-41(60)38(30-34-22-15-13-16-23-34)55-42(61)39(31-35-24-17-14-18-25-35)56-46(66)69-49(6,7)8)40(59)54-37(26-19-20-28-52-45(65)68-48(3,4)5)43(62)58-29-27-51(44(63)64,32-33(58)2)57-47(67)70-50(9,10)11/h12-18,22-25,33,36-39H,1,19-21,26-32H2,2-11H3,(H,52,65)(H,53,60)(H,54,59)(H,55,61)(H,56,66)(H,57,67)(H,63,64)/t33?,36-,37-,38-,39-,51?/m1/s1. The lowest BCUT2D eigenvalue weighted by atomic mass is 9.83. The van der Waals surface area contributed by atoms with Crippen LogP contribution in [0.5, 0.6) is 0 Å². The zero-order valence-electron chi connectivity index (χ0n) is 42.4. The molecule has 1 aliphatic rings. The van der Waals surface area contributed by atoms with Gasteiger partial charge >= 0.3 is 24.2 Å². The third-order valence-corrected chi connectivity index (χ3v) is 10.8. The molecule has 1 aliphatic heterocycles. The van der Waals surface area contributed by atoms with Crippen molar-refractivity contribution >= 4 is 47.9 Å². The zero-order chi connectivity index (χ0) is 52.5. The van der Waals surface area contributed by atoms with Crippen molar-refractivity contribution in [1.82, 2.24) is 36.8 Å². The molecule has 0 spiro atoms. The van der Waals surface area contributed by atoms with Crippen molar-refractivity contribution in [2.45, 2.75) is 173 Å². The summed E-state index contributed by atoms with van der Waals surface area (Å²) in [5, 5.41) is 26.5. The van der Waals surface area contributed by atoms with Gasteiger partial charge in [0.2, 0.25) is 23.6 Å². The molecule has 7 N–H and O–H groups in total. The average Bonchev–Trinajstić information content (AvgIpc) is 3.23. The van der Waals surface area contributed by atoms with Gasteiger partial charge in [-0.1, -0.05) is 66.7 Å². The molecule has 19 nitrogen and oxygen atoms in total. The number of piperidine rings is 1. The van der Waals surface area contributed by atoms with Gasteiger partial charge < -0.3 is 56.1 Å². The Hall–Kier alpha value is -6.66. The van der Waals surface area contributed by atoms with E-state index in [0.717, 1.165) is 5.56 Å². The molecule has 2 aromatic carbocycles. The number of hydrogen-bond acceptors (Lipinski definition) is 11. The van der Waals surface area contributed by atoms with Crippen molar-refractivity contribution in [3.05, 3.63) is 84.4 Å². The number of carbonyl (C=O) groups excluding carboxylic acids is 7. The van der Waals surface area contributed by atoms with Gasteiger partial charge in [-0.05, 0) is 112 Å². The Balaban J connectivity index is 1.90. The molecule has 19 heteroatoms. The summed E-state index contributed by atoms with van der Waals surface area (Å²) in [4.78, 5) is 110. The molecule has 0 radical (unpaired) electrons. The van der Waals surface area contributed by atoms with E-state index in [0.29, 0.717) is 18.4 Å². The number of likely N-dealkylation sites (tertiary alicyclic amines) is 1. The Labute approximate surface area is 412 Å². The maximum absolute atomic E-state index is 14.5. The van der Waals surface area contributed by atoms with Crippen LogP contribution in [0.25, 0.3) is 0 Å². The van der Waals surface area contributed by atoms with Crippen LogP contribution in [-0.4, -0.2) is 124 Å². The van der Waals surface area contributed by atoms with Gasteiger partial charge in [0.05, 0.1) is 0 Å². The topological polar surface area (TPSA) is 260 Å². The minimum absolute atomic E-state index is 0.00273. The van der Waals surface area contributed by atoms with Gasteiger partial charge in [0, 0.05) is 38.4 Å². The van der Waals surface area contributed by atoms with E-state index in [-0.39, 0.29) is 51.6 Å². The quantitative estimate of drug-likeness (QED) is 0.0468. The van der Waals surface area contributed by atoms with E-state index in [2.05, 4.69) is 38.5 Å². The summed E-state index contributed by atoms with van der Waals surface area (Å²) < 4.78 is 16.1. The molecular formula is C51H75N7O12. The molecule has 2 aromatic rings. The van der Waals surface area contributed by atoms with Crippen LogP contribution in [0.15, 0.2) is 73.3 Å². The van der Waals surface area contributed by atoms with Gasteiger partial charge in [-0.15, -0.1) is 6.58 Å². The second kappa shape index (κ2) is 25.8. The molecule has 1 saturated heterocycles.